The smallest absolute Gasteiger partial charge is 0.346 e. The second kappa shape index (κ2) is 10.0. The molecule has 0 unspecified atom stereocenters. The first-order chi connectivity index (χ1) is 13.5. The van der Waals surface area contributed by atoms with E-state index in [2.05, 4.69) is 0 Å². The molecule has 0 radical (unpaired) electrons. The van der Waals surface area contributed by atoms with Gasteiger partial charge in [0.1, 0.15) is 30.6 Å². The summed E-state index contributed by atoms with van der Waals surface area (Å²) in [5, 5.41) is 17.9. The van der Waals surface area contributed by atoms with Gasteiger partial charge in [-0.1, -0.05) is 24.3 Å². The fraction of sp³-hybridized carbons (Fsp3) is 0.273. The second-order valence-corrected chi connectivity index (χ2v) is 6.03. The molecule has 6 heteroatoms. The van der Waals surface area contributed by atoms with Crippen molar-refractivity contribution in [1.29, 1.82) is 5.26 Å². The molecule has 1 N–H and O–H groups in total. The minimum Gasteiger partial charge on any atom is -0.490 e. The Hall–Kier alpha value is -3.46. The quantitative estimate of drug-likeness (QED) is 0.399. The van der Waals surface area contributed by atoms with E-state index in [9.17, 15) is 4.79 Å². The van der Waals surface area contributed by atoms with E-state index in [1.807, 2.05) is 39.0 Å². The molecular weight excluding hydrogens is 358 g/mol. The minimum atomic E-state index is -1.27. The first-order valence-electron chi connectivity index (χ1n) is 8.90. The Kier molecular flexibility index (Phi) is 7.46. The number of carboxylic acids is 1. The van der Waals surface area contributed by atoms with Crippen molar-refractivity contribution < 1.29 is 24.1 Å². The van der Waals surface area contributed by atoms with Gasteiger partial charge in [-0.05, 0) is 55.7 Å². The lowest BCUT2D eigenvalue weighted by molar-refractivity contribution is -0.132. The summed E-state index contributed by atoms with van der Waals surface area (Å²) in [6.45, 7) is 6.95. The first-order valence-corrected chi connectivity index (χ1v) is 8.90. The molecule has 0 aromatic heterocycles. The van der Waals surface area contributed by atoms with Gasteiger partial charge in [0.15, 0.2) is 11.5 Å². The number of para-hydroxylation sites is 1. The van der Waals surface area contributed by atoms with E-state index >= 15 is 0 Å². The molecule has 0 saturated heterocycles. The number of rotatable bonds is 9. The summed E-state index contributed by atoms with van der Waals surface area (Å²) in [4.78, 5) is 11.0. The van der Waals surface area contributed by atoms with Crippen LogP contribution < -0.4 is 14.2 Å². The summed E-state index contributed by atoms with van der Waals surface area (Å²) in [6, 6.07) is 12.6. The summed E-state index contributed by atoms with van der Waals surface area (Å²) in [5.41, 5.74) is 2.33. The van der Waals surface area contributed by atoms with Gasteiger partial charge < -0.3 is 19.3 Å². The lowest BCUT2D eigenvalue weighted by atomic mass is 10.1. The molecule has 28 heavy (non-hydrogen) atoms. The van der Waals surface area contributed by atoms with Gasteiger partial charge in [0, 0.05) is 0 Å². The van der Waals surface area contributed by atoms with Crippen molar-refractivity contribution in [1.82, 2.24) is 0 Å². The van der Waals surface area contributed by atoms with E-state index in [0.717, 1.165) is 16.9 Å². The number of benzene rings is 2. The van der Waals surface area contributed by atoms with Crippen LogP contribution in [0, 0.1) is 25.2 Å². The van der Waals surface area contributed by atoms with E-state index in [-0.39, 0.29) is 5.57 Å². The van der Waals surface area contributed by atoms with Crippen LogP contribution >= 0.6 is 0 Å². The molecule has 0 bridgehead atoms. The maximum atomic E-state index is 11.0. The number of aryl methyl sites for hydroxylation is 2. The van der Waals surface area contributed by atoms with Crippen molar-refractivity contribution in [2.75, 3.05) is 19.8 Å². The highest BCUT2D eigenvalue weighted by Crippen LogP contribution is 2.29. The number of hydrogen-bond acceptors (Lipinski definition) is 5. The number of nitrogens with zero attached hydrogens (tertiary/aromatic N) is 1. The summed E-state index contributed by atoms with van der Waals surface area (Å²) < 4.78 is 17.2. The van der Waals surface area contributed by atoms with Crippen LogP contribution in [0.5, 0.6) is 17.2 Å². The molecule has 0 atom stereocenters. The summed E-state index contributed by atoms with van der Waals surface area (Å²) in [6.07, 6.45) is 1.29. The summed E-state index contributed by atoms with van der Waals surface area (Å²) >= 11 is 0. The molecule has 0 aliphatic carbocycles. The zero-order chi connectivity index (χ0) is 20.5. The standard InChI is InChI=1S/C22H23NO5/c1-4-26-20-13-17(12-18(14-23)22(24)25)8-9-19(20)27-10-11-28-21-15(2)6-5-7-16(21)3/h5-9,12-13H,4,10-11H2,1-3H3,(H,24,25). The van der Waals surface area contributed by atoms with Gasteiger partial charge in [-0.25, -0.2) is 4.79 Å². The number of carbonyl (C=O) groups is 1. The van der Waals surface area contributed by atoms with Crippen LogP contribution in [0.2, 0.25) is 0 Å². The van der Waals surface area contributed by atoms with Crippen molar-refractivity contribution in [3.05, 3.63) is 58.7 Å². The maximum absolute atomic E-state index is 11.0. The number of nitriles is 1. The molecule has 0 heterocycles. The Labute approximate surface area is 164 Å². The molecule has 0 saturated carbocycles. The fourth-order valence-electron chi connectivity index (χ4n) is 2.63. The van der Waals surface area contributed by atoms with Gasteiger partial charge in [0.25, 0.3) is 0 Å². The maximum Gasteiger partial charge on any atom is 0.346 e. The lowest BCUT2D eigenvalue weighted by Crippen LogP contribution is -2.11. The van der Waals surface area contributed by atoms with Gasteiger partial charge in [0.05, 0.1) is 6.61 Å². The predicted octanol–water partition coefficient (Wildman–Crippen LogP) is 4.15. The Morgan fingerprint density at radius 3 is 2.36 bits per heavy atom. The molecular formula is C22H23NO5. The van der Waals surface area contributed by atoms with E-state index in [1.165, 1.54) is 6.08 Å². The minimum absolute atomic E-state index is 0.321. The van der Waals surface area contributed by atoms with Gasteiger partial charge in [-0.3, -0.25) is 0 Å². The van der Waals surface area contributed by atoms with Crippen LogP contribution in [-0.4, -0.2) is 30.9 Å². The van der Waals surface area contributed by atoms with Crippen molar-refractivity contribution in [3.63, 3.8) is 0 Å². The molecule has 2 aromatic rings. The van der Waals surface area contributed by atoms with Gasteiger partial charge in [-0.15, -0.1) is 0 Å². The number of aliphatic carboxylic acids is 1. The average molecular weight is 381 g/mol. The van der Waals surface area contributed by atoms with Gasteiger partial charge in [0.2, 0.25) is 0 Å². The molecule has 6 nitrogen and oxygen atoms in total. The third kappa shape index (κ3) is 5.52. The zero-order valence-electron chi connectivity index (χ0n) is 16.2. The second-order valence-electron chi connectivity index (χ2n) is 6.03. The Morgan fingerprint density at radius 2 is 1.75 bits per heavy atom. The van der Waals surface area contributed by atoms with Crippen LogP contribution in [0.1, 0.15) is 23.6 Å². The number of ether oxygens (including phenoxy) is 3. The van der Waals surface area contributed by atoms with Crippen LogP contribution in [-0.2, 0) is 4.79 Å². The van der Waals surface area contributed by atoms with Gasteiger partial charge >= 0.3 is 5.97 Å². The predicted molar refractivity (Wildman–Crippen MR) is 106 cm³/mol. The third-order valence-electron chi connectivity index (χ3n) is 3.93. The molecule has 2 rings (SSSR count). The van der Waals surface area contributed by atoms with Crippen molar-refractivity contribution >= 4 is 12.0 Å². The largest absolute Gasteiger partial charge is 0.490 e. The Balaban J connectivity index is 2.07. The van der Waals surface area contributed by atoms with Crippen LogP contribution in [0.15, 0.2) is 42.0 Å². The molecule has 0 aliphatic rings. The Morgan fingerprint density at radius 1 is 1.07 bits per heavy atom. The first kappa shape index (κ1) is 20.8. The molecule has 0 amide bonds. The number of carboxylic acid groups (broad SMARTS) is 1. The zero-order valence-corrected chi connectivity index (χ0v) is 16.2. The van der Waals surface area contributed by atoms with Crippen molar-refractivity contribution in [2.45, 2.75) is 20.8 Å². The van der Waals surface area contributed by atoms with Crippen LogP contribution in [0.25, 0.3) is 6.08 Å². The molecule has 146 valence electrons. The highest BCUT2D eigenvalue weighted by Gasteiger charge is 2.10. The van der Waals surface area contributed by atoms with E-state index in [1.54, 1.807) is 24.3 Å². The van der Waals surface area contributed by atoms with Crippen LogP contribution in [0.3, 0.4) is 0 Å². The van der Waals surface area contributed by atoms with E-state index < -0.39 is 5.97 Å². The highest BCUT2D eigenvalue weighted by atomic mass is 16.5. The summed E-state index contributed by atoms with van der Waals surface area (Å²) in [7, 11) is 0. The van der Waals surface area contributed by atoms with Crippen LogP contribution in [0.4, 0.5) is 0 Å². The SMILES string of the molecule is CCOc1cc(C=C(C#N)C(=O)O)ccc1OCCOc1c(C)cccc1C. The van der Waals surface area contributed by atoms with Gasteiger partial charge in [-0.2, -0.15) is 5.26 Å². The summed E-state index contributed by atoms with van der Waals surface area (Å²) in [5.74, 6) is 0.586. The normalized spacial score (nSPS) is 10.9. The monoisotopic (exact) mass is 381 g/mol. The topological polar surface area (TPSA) is 88.8 Å². The Bertz CT molecular complexity index is 891. The van der Waals surface area contributed by atoms with Crippen molar-refractivity contribution in [2.24, 2.45) is 0 Å². The number of hydrogen-bond donors (Lipinski definition) is 1. The fourth-order valence-corrected chi connectivity index (χ4v) is 2.63. The lowest BCUT2D eigenvalue weighted by Gasteiger charge is -2.15. The molecule has 2 aromatic carbocycles. The average Bonchev–Trinajstić information content (AvgIpc) is 2.66. The molecule has 0 fully saturated rings. The molecule has 0 aliphatic heterocycles. The van der Waals surface area contributed by atoms with E-state index in [4.69, 9.17) is 24.6 Å². The highest BCUT2D eigenvalue weighted by molar-refractivity contribution is 5.96. The third-order valence-corrected chi connectivity index (χ3v) is 3.93. The van der Waals surface area contributed by atoms with Crippen molar-refractivity contribution in [3.8, 4) is 23.3 Å². The van der Waals surface area contributed by atoms with E-state index in [0.29, 0.717) is 36.9 Å². The molecule has 0 spiro atoms.